The average molecular weight is 627 g/mol. The number of morpholine rings is 1. The van der Waals surface area contributed by atoms with Crippen LogP contribution in [0.15, 0.2) is 57.0 Å². The standard InChI is InChI=1S/C25H27ClN4O7S3/c1-17-20(26)3-2-4-21(17)27-22(31)15-38-14-13-36-23(32)16-39-25-29-28-24(37-25)18-5-7-19(8-6-18)40(33,34)30-9-11-35-12-10-30/h2-8H,9-16H2,1H3,(H,27,31). The van der Waals surface area contributed by atoms with Gasteiger partial charge < -0.3 is 19.2 Å². The highest BCUT2D eigenvalue weighted by molar-refractivity contribution is 8.00. The number of rotatable bonds is 12. The van der Waals surface area contributed by atoms with Crippen molar-refractivity contribution >= 4 is 62.7 Å². The van der Waals surface area contributed by atoms with Crippen molar-refractivity contribution in [2.45, 2.75) is 17.0 Å². The molecule has 0 saturated carbocycles. The molecule has 4 rings (SSSR count). The topological polar surface area (TPSA) is 141 Å². The van der Waals surface area contributed by atoms with E-state index in [1.165, 1.54) is 28.2 Å². The summed E-state index contributed by atoms with van der Waals surface area (Å²) in [6.45, 7) is 3.36. The average Bonchev–Trinajstić information content (AvgIpc) is 3.44. The molecule has 214 valence electrons. The molecule has 2 heterocycles. The van der Waals surface area contributed by atoms with E-state index in [4.69, 9.17) is 25.5 Å². The smallest absolute Gasteiger partial charge is 0.316 e. The van der Waals surface area contributed by atoms with E-state index in [1.54, 1.807) is 30.3 Å². The lowest BCUT2D eigenvalue weighted by atomic mass is 10.2. The third-order valence-electron chi connectivity index (χ3n) is 5.69. The molecular formula is C25H27ClN4O7S3. The van der Waals surface area contributed by atoms with Gasteiger partial charge in [-0.2, -0.15) is 4.31 Å². The molecule has 0 unspecified atom stereocenters. The van der Waals surface area contributed by atoms with Crippen LogP contribution >= 0.6 is 35.1 Å². The molecule has 15 heteroatoms. The second kappa shape index (κ2) is 14.3. The van der Waals surface area contributed by atoms with Crippen molar-refractivity contribution in [2.24, 2.45) is 0 Å². The predicted molar refractivity (Wildman–Crippen MR) is 153 cm³/mol. The number of amides is 1. The number of ether oxygens (including phenoxy) is 2. The number of carbonyl (C=O) groups is 2. The summed E-state index contributed by atoms with van der Waals surface area (Å²) in [6, 6.07) is 11.5. The third kappa shape index (κ3) is 8.21. The van der Waals surface area contributed by atoms with E-state index in [0.29, 0.717) is 48.3 Å². The molecule has 0 radical (unpaired) electrons. The van der Waals surface area contributed by atoms with E-state index < -0.39 is 16.0 Å². The van der Waals surface area contributed by atoms with Crippen molar-refractivity contribution in [3.8, 4) is 11.5 Å². The number of nitrogens with zero attached hydrogens (tertiary/aromatic N) is 3. The summed E-state index contributed by atoms with van der Waals surface area (Å²) in [7, 11) is -3.60. The third-order valence-corrected chi connectivity index (χ3v) is 9.73. The van der Waals surface area contributed by atoms with Crippen LogP contribution < -0.4 is 5.32 Å². The molecule has 1 aliphatic heterocycles. The van der Waals surface area contributed by atoms with Gasteiger partial charge in [0.1, 0.15) is 12.4 Å². The number of benzene rings is 2. The van der Waals surface area contributed by atoms with E-state index >= 15 is 0 Å². The van der Waals surface area contributed by atoms with E-state index in [-0.39, 0.29) is 40.0 Å². The minimum absolute atomic E-state index is 0.0302. The summed E-state index contributed by atoms with van der Waals surface area (Å²) in [5.41, 5.74) is 2.02. The van der Waals surface area contributed by atoms with E-state index in [9.17, 15) is 18.0 Å². The van der Waals surface area contributed by atoms with E-state index in [1.807, 2.05) is 6.92 Å². The highest BCUT2D eigenvalue weighted by atomic mass is 35.5. The first-order valence-corrected chi connectivity index (χ1v) is 16.1. The summed E-state index contributed by atoms with van der Waals surface area (Å²) in [4.78, 5) is 24.4. The minimum Gasteiger partial charge on any atom is -0.464 e. The molecular weight excluding hydrogens is 600 g/mol. The largest absolute Gasteiger partial charge is 0.464 e. The Morgan fingerprint density at radius 2 is 1.85 bits per heavy atom. The minimum atomic E-state index is -3.60. The van der Waals surface area contributed by atoms with Crippen molar-refractivity contribution in [2.75, 3.05) is 55.5 Å². The van der Waals surface area contributed by atoms with Crippen molar-refractivity contribution in [3.63, 3.8) is 0 Å². The predicted octanol–water partition coefficient (Wildman–Crippen LogP) is 3.73. The van der Waals surface area contributed by atoms with Gasteiger partial charge >= 0.3 is 5.97 Å². The summed E-state index contributed by atoms with van der Waals surface area (Å²) in [5.74, 6) is 0.217. The molecule has 0 atom stereocenters. The zero-order chi connectivity index (χ0) is 28.5. The fourth-order valence-corrected chi connectivity index (χ4v) is 6.31. The number of anilines is 1. The van der Waals surface area contributed by atoms with Crippen molar-refractivity contribution in [1.29, 1.82) is 0 Å². The molecule has 1 aliphatic rings. The van der Waals surface area contributed by atoms with Crippen LogP contribution in [0.25, 0.3) is 11.5 Å². The Morgan fingerprint density at radius 1 is 1.10 bits per heavy atom. The number of nitrogens with one attached hydrogen (secondary N) is 1. The lowest BCUT2D eigenvalue weighted by Gasteiger charge is -2.26. The van der Waals surface area contributed by atoms with Crippen molar-refractivity contribution in [1.82, 2.24) is 14.5 Å². The number of aromatic nitrogens is 2. The number of hydrogen-bond acceptors (Lipinski definition) is 11. The normalized spacial score (nSPS) is 14.2. The van der Waals surface area contributed by atoms with Crippen LogP contribution in [0.1, 0.15) is 5.56 Å². The second-order valence-electron chi connectivity index (χ2n) is 8.44. The van der Waals surface area contributed by atoms with Crippen LogP contribution in [-0.2, 0) is 29.1 Å². The van der Waals surface area contributed by atoms with Crippen LogP contribution in [0.2, 0.25) is 5.02 Å². The van der Waals surface area contributed by atoms with Gasteiger partial charge in [0.15, 0.2) is 0 Å². The Hall–Kier alpha value is -2.62. The summed E-state index contributed by atoms with van der Waals surface area (Å²) in [6.07, 6.45) is 0. The molecule has 2 aromatic carbocycles. The van der Waals surface area contributed by atoms with Crippen LogP contribution in [0.5, 0.6) is 0 Å². The molecule has 1 aromatic heterocycles. The van der Waals surface area contributed by atoms with Crippen molar-refractivity contribution in [3.05, 3.63) is 53.1 Å². The van der Waals surface area contributed by atoms with Crippen LogP contribution in [0.3, 0.4) is 0 Å². The summed E-state index contributed by atoms with van der Waals surface area (Å²) < 4.78 is 42.9. The van der Waals surface area contributed by atoms with Gasteiger partial charge in [-0.1, -0.05) is 29.4 Å². The summed E-state index contributed by atoms with van der Waals surface area (Å²) in [5, 5.41) is 11.5. The van der Waals surface area contributed by atoms with Gasteiger partial charge in [0.25, 0.3) is 5.22 Å². The van der Waals surface area contributed by atoms with Gasteiger partial charge in [0.05, 0.1) is 23.9 Å². The van der Waals surface area contributed by atoms with Crippen LogP contribution in [0, 0.1) is 6.92 Å². The number of sulfonamides is 1. The molecule has 0 aliphatic carbocycles. The van der Waals surface area contributed by atoms with Gasteiger partial charge in [-0.15, -0.1) is 22.0 Å². The van der Waals surface area contributed by atoms with Gasteiger partial charge in [0.2, 0.25) is 21.8 Å². The fourth-order valence-electron chi connectivity index (χ4n) is 3.56. The lowest BCUT2D eigenvalue weighted by Crippen LogP contribution is -2.40. The summed E-state index contributed by atoms with van der Waals surface area (Å²) >= 11 is 8.44. The maximum Gasteiger partial charge on any atom is 0.316 e. The first-order chi connectivity index (χ1) is 19.2. The van der Waals surface area contributed by atoms with E-state index in [2.05, 4.69) is 15.5 Å². The maximum absolute atomic E-state index is 12.8. The maximum atomic E-state index is 12.8. The Balaban J connectivity index is 1.16. The monoisotopic (exact) mass is 626 g/mol. The Kier molecular flexibility index (Phi) is 10.9. The molecule has 40 heavy (non-hydrogen) atoms. The first kappa shape index (κ1) is 30.3. The highest BCUT2D eigenvalue weighted by Gasteiger charge is 2.26. The fraction of sp³-hybridized carbons (Fsp3) is 0.360. The number of hydrogen-bond donors (Lipinski definition) is 1. The number of halogens is 1. The van der Waals surface area contributed by atoms with Gasteiger partial charge in [0, 0.05) is 35.1 Å². The lowest BCUT2D eigenvalue weighted by molar-refractivity contribution is -0.139. The van der Waals surface area contributed by atoms with E-state index in [0.717, 1.165) is 17.3 Å². The molecule has 11 nitrogen and oxygen atoms in total. The molecule has 0 bridgehead atoms. The van der Waals surface area contributed by atoms with Gasteiger partial charge in [-0.3, -0.25) is 9.59 Å². The Morgan fingerprint density at radius 3 is 2.60 bits per heavy atom. The Labute approximate surface area is 245 Å². The number of thioether (sulfide) groups is 2. The quantitative estimate of drug-likeness (QED) is 0.179. The molecule has 0 spiro atoms. The van der Waals surface area contributed by atoms with Gasteiger partial charge in [-0.05, 0) is 48.9 Å². The molecule has 1 fully saturated rings. The molecule has 1 N–H and O–H groups in total. The molecule has 1 saturated heterocycles. The molecule has 3 aromatic rings. The zero-order valence-corrected chi connectivity index (χ0v) is 24.7. The van der Waals surface area contributed by atoms with Crippen LogP contribution in [0.4, 0.5) is 5.69 Å². The van der Waals surface area contributed by atoms with Crippen LogP contribution in [-0.4, -0.2) is 85.0 Å². The zero-order valence-electron chi connectivity index (χ0n) is 21.5. The van der Waals surface area contributed by atoms with Gasteiger partial charge in [-0.25, -0.2) is 8.42 Å². The number of esters is 1. The SMILES string of the molecule is Cc1c(Cl)cccc1NC(=O)CSCCOC(=O)CSc1nnc(-c2ccc(S(=O)(=O)N3CCOCC3)cc2)o1. The second-order valence-corrected chi connectivity index (χ2v) is 12.8. The highest BCUT2D eigenvalue weighted by Crippen LogP contribution is 2.26. The molecule has 1 amide bonds. The number of carbonyl (C=O) groups excluding carboxylic acids is 2. The Bertz CT molecular complexity index is 1430. The van der Waals surface area contributed by atoms with Crippen molar-refractivity contribution < 1.29 is 31.9 Å². The first-order valence-electron chi connectivity index (χ1n) is 12.2.